The maximum absolute atomic E-state index is 12.5. The van der Waals surface area contributed by atoms with Gasteiger partial charge in [0.05, 0.1) is 22.6 Å². The second-order valence-electron chi connectivity index (χ2n) is 6.00. The molecule has 0 atom stereocenters. The maximum atomic E-state index is 12.5. The summed E-state index contributed by atoms with van der Waals surface area (Å²) in [6, 6.07) is 15.0. The molecule has 9 heteroatoms. The Labute approximate surface area is 150 Å². The minimum Gasteiger partial charge on any atom is -0.280 e. The number of sulfonamides is 1. The third kappa shape index (κ3) is 3.14. The molecule has 0 radical (unpaired) electrons. The molecule has 0 saturated heterocycles. The number of benzene rings is 2. The molecule has 3 aromatic rings. The van der Waals surface area contributed by atoms with Crippen molar-refractivity contribution < 1.29 is 8.42 Å². The van der Waals surface area contributed by atoms with Gasteiger partial charge in [0.15, 0.2) is 5.82 Å². The number of anilines is 1. The van der Waals surface area contributed by atoms with E-state index in [1.807, 2.05) is 6.07 Å². The van der Waals surface area contributed by atoms with E-state index in [0.717, 1.165) is 18.4 Å². The van der Waals surface area contributed by atoms with Crippen LogP contribution in [0.15, 0.2) is 53.4 Å². The molecule has 0 unspecified atom stereocenters. The summed E-state index contributed by atoms with van der Waals surface area (Å²) in [7, 11) is -3.77. The Balaban J connectivity index is 1.57. The number of aromatic nitrogens is 4. The fourth-order valence-corrected chi connectivity index (χ4v) is 3.69. The van der Waals surface area contributed by atoms with Crippen molar-refractivity contribution in [1.82, 2.24) is 20.2 Å². The fourth-order valence-electron chi connectivity index (χ4n) is 2.58. The molecule has 1 aliphatic rings. The minimum absolute atomic E-state index is 0.0401. The first kappa shape index (κ1) is 16.2. The largest absolute Gasteiger partial charge is 0.280 e. The lowest BCUT2D eigenvalue weighted by Crippen LogP contribution is -2.13. The summed E-state index contributed by atoms with van der Waals surface area (Å²) in [6.45, 7) is 0. The normalized spacial score (nSPS) is 14.0. The monoisotopic (exact) mass is 366 g/mol. The summed E-state index contributed by atoms with van der Waals surface area (Å²) >= 11 is 0. The van der Waals surface area contributed by atoms with E-state index < -0.39 is 10.0 Å². The molecule has 2 aromatic carbocycles. The number of rotatable bonds is 5. The van der Waals surface area contributed by atoms with Gasteiger partial charge in [-0.2, -0.15) is 5.26 Å². The Bertz CT molecular complexity index is 1090. The van der Waals surface area contributed by atoms with Crippen LogP contribution < -0.4 is 4.72 Å². The topological polar surface area (TPSA) is 114 Å². The third-order valence-electron chi connectivity index (χ3n) is 4.05. The van der Waals surface area contributed by atoms with Gasteiger partial charge in [-0.1, -0.05) is 6.07 Å². The summed E-state index contributed by atoms with van der Waals surface area (Å²) in [5.74, 6) is 0.670. The summed E-state index contributed by atoms with van der Waals surface area (Å²) in [4.78, 5) is 0.0401. The Morgan fingerprint density at radius 3 is 2.62 bits per heavy atom. The second kappa shape index (κ2) is 6.24. The van der Waals surface area contributed by atoms with Crippen molar-refractivity contribution in [2.24, 2.45) is 0 Å². The molecule has 1 saturated carbocycles. The summed E-state index contributed by atoms with van der Waals surface area (Å²) in [5.41, 5.74) is 1.52. The average Bonchev–Trinajstić information content (AvgIpc) is 3.39. The van der Waals surface area contributed by atoms with Gasteiger partial charge in [-0.3, -0.25) is 4.72 Å². The molecular weight excluding hydrogens is 352 g/mol. The SMILES string of the molecule is N#Cc1cccc(S(=O)(=O)Nc2ccc(-c3nnnn3C3CC3)cc2)c1. The molecule has 1 aromatic heterocycles. The number of nitriles is 1. The van der Waals surface area contributed by atoms with Gasteiger partial charge in [-0.25, -0.2) is 13.1 Å². The first-order valence-electron chi connectivity index (χ1n) is 7.98. The van der Waals surface area contributed by atoms with E-state index in [9.17, 15) is 8.42 Å². The average molecular weight is 366 g/mol. The van der Waals surface area contributed by atoms with Gasteiger partial charge in [0.25, 0.3) is 10.0 Å². The number of hydrogen-bond donors (Lipinski definition) is 1. The van der Waals surface area contributed by atoms with Gasteiger partial charge in [-0.05, 0) is 65.7 Å². The molecule has 1 N–H and O–H groups in total. The molecule has 0 amide bonds. The van der Waals surface area contributed by atoms with Crippen LogP contribution >= 0.6 is 0 Å². The minimum atomic E-state index is -3.77. The van der Waals surface area contributed by atoms with Crippen LogP contribution in [-0.4, -0.2) is 28.6 Å². The lowest BCUT2D eigenvalue weighted by atomic mass is 10.2. The highest BCUT2D eigenvalue weighted by Gasteiger charge is 2.28. The van der Waals surface area contributed by atoms with Crippen molar-refractivity contribution in [2.75, 3.05) is 4.72 Å². The van der Waals surface area contributed by atoms with Gasteiger partial charge < -0.3 is 0 Å². The van der Waals surface area contributed by atoms with E-state index in [4.69, 9.17) is 5.26 Å². The van der Waals surface area contributed by atoms with Gasteiger partial charge in [0.2, 0.25) is 0 Å². The predicted octanol–water partition coefficient (Wildman–Crippen LogP) is 2.35. The zero-order valence-corrected chi connectivity index (χ0v) is 14.4. The van der Waals surface area contributed by atoms with Gasteiger partial charge in [-0.15, -0.1) is 5.10 Å². The first-order chi connectivity index (χ1) is 12.6. The molecule has 1 aliphatic carbocycles. The molecule has 0 bridgehead atoms. The standard InChI is InChI=1S/C17H14N6O2S/c18-11-12-2-1-3-16(10-12)26(24,25)20-14-6-4-13(5-7-14)17-19-21-22-23(17)15-8-9-15/h1-7,10,15,20H,8-9H2. The molecule has 4 rings (SSSR count). The van der Waals surface area contributed by atoms with Crippen LogP contribution in [0.2, 0.25) is 0 Å². The summed E-state index contributed by atoms with van der Waals surface area (Å²) < 4.78 is 29.3. The highest BCUT2D eigenvalue weighted by molar-refractivity contribution is 7.92. The van der Waals surface area contributed by atoms with Crippen molar-refractivity contribution in [3.63, 3.8) is 0 Å². The maximum Gasteiger partial charge on any atom is 0.261 e. The summed E-state index contributed by atoms with van der Waals surface area (Å²) in [6.07, 6.45) is 2.13. The van der Waals surface area contributed by atoms with Crippen molar-refractivity contribution in [3.8, 4) is 17.5 Å². The van der Waals surface area contributed by atoms with E-state index in [0.29, 0.717) is 17.6 Å². The number of tetrazole rings is 1. The zero-order chi connectivity index (χ0) is 18.1. The van der Waals surface area contributed by atoms with Crippen LogP contribution in [-0.2, 0) is 10.0 Å². The zero-order valence-electron chi connectivity index (χ0n) is 13.6. The lowest BCUT2D eigenvalue weighted by Gasteiger charge is -2.09. The van der Waals surface area contributed by atoms with Crippen LogP contribution in [0.4, 0.5) is 5.69 Å². The van der Waals surface area contributed by atoms with Crippen LogP contribution in [0, 0.1) is 11.3 Å². The Kier molecular flexibility index (Phi) is 3.89. The predicted molar refractivity (Wildman–Crippen MR) is 93.5 cm³/mol. The second-order valence-corrected chi connectivity index (χ2v) is 7.68. The molecule has 26 heavy (non-hydrogen) atoms. The van der Waals surface area contributed by atoms with Gasteiger partial charge in [0.1, 0.15) is 0 Å². The highest BCUT2D eigenvalue weighted by Crippen LogP contribution is 2.36. The Hall–Kier alpha value is -3.25. The van der Waals surface area contributed by atoms with Crippen molar-refractivity contribution in [2.45, 2.75) is 23.8 Å². The van der Waals surface area contributed by atoms with Gasteiger partial charge in [0, 0.05) is 11.3 Å². The lowest BCUT2D eigenvalue weighted by molar-refractivity contribution is 0.601. The molecule has 0 aliphatic heterocycles. The van der Waals surface area contributed by atoms with Crippen LogP contribution in [0.3, 0.4) is 0 Å². The van der Waals surface area contributed by atoms with E-state index in [2.05, 4.69) is 20.2 Å². The number of hydrogen-bond acceptors (Lipinski definition) is 6. The molecule has 8 nitrogen and oxygen atoms in total. The molecular formula is C17H14N6O2S. The number of nitrogens with zero attached hydrogens (tertiary/aromatic N) is 5. The molecule has 1 fully saturated rings. The molecule has 0 spiro atoms. The van der Waals surface area contributed by atoms with Crippen molar-refractivity contribution in [3.05, 3.63) is 54.1 Å². The van der Waals surface area contributed by atoms with Crippen molar-refractivity contribution >= 4 is 15.7 Å². The molecule has 1 heterocycles. The summed E-state index contributed by atoms with van der Waals surface area (Å²) in [5, 5.41) is 20.7. The van der Waals surface area contributed by atoms with Crippen molar-refractivity contribution in [1.29, 1.82) is 5.26 Å². The third-order valence-corrected chi connectivity index (χ3v) is 5.43. The Morgan fingerprint density at radius 2 is 1.92 bits per heavy atom. The van der Waals surface area contributed by atoms with E-state index in [1.165, 1.54) is 18.2 Å². The van der Waals surface area contributed by atoms with Crippen LogP contribution in [0.5, 0.6) is 0 Å². The fraction of sp³-hybridized carbons (Fsp3) is 0.176. The first-order valence-corrected chi connectivity index (χ1v) is 9.46. The smallest absolute Gasteiger partial charge is 0.261 e. The van der Waals surface area contributed by atoms with Crippen LogP contribution in [0.1, 0.15) is 24.4 Å². The highest BCUT2D eigenvalue weighted by atomic mass is 32.2. The Morgan fingerprint density at radius 1 is 1.15 bits per heavy atom. The number of nitrogens with one attached hydrogen (secondary N) is 1. The molecule has 130 valence electrons. The van der Waals surface area contributed by atoms with Gasteiger partial charge >= 0.3 is 0 Å². The van der Waals surface area contributed by atoms with E-state index >= 15 is 0 Å². The van der Waals surface area contributed by atoms with Crippen LogP contribution in [0.25, 0.3) is 11.4 Å². The van der Waals surface area contributed by atoms with E-state index in [-0.39, 0.29) is 10.5 Å². The van der Waals surface area contributed by atoms with E-state index in [1.54, 1.807) is 35.0 Å². The quantitative estimate of drug-likeness (QED) is 0.741.